The molecule has 0 aliphatic carbocycles. The first-order valence-corrected chi connectivity index (χ1v) is 4.93. The van der Waals surface area contributed by atoms with Crippen LogP contribution >= 0.6 is 11.6 Å². The maximum absolute atomic E-state index is 11.0. The zero-order chi connectivity index (χ0) is 12.3. The highest BCUT2D eigenvalue weighted by Gasteiger charge is 2.10. The van der Waals surface area contributed by atoms with Gasteiger partial charge in [0.2, 0.25) is 5.24 Å². The van der Waals surface area contributed by atoms with Gasteiger partial charge in [-0.05, 0) is 36.6 Å². The predicted molar refractivity (Wildman–Crippen MR) is 62.2 cm³/mol. The number of nitro benzene ring substituents is 1. The quantitative estimate of drug-likeness (QED) is 0.352. The molecule has 1 aromatic rings. The van der Waals surface area contributed by atoms with Gasteiger partial charge >= 0.3 is 0 Å². The Balaban J connectivity index is 3.24. The van der Waals surface area contributed by atoms with Gasteiger partial charge in [0, 0.05) is 17.7 Å². The second kappa shape index (κ2) is 4.90. The van der Waals surface area contributed by atoms with Gasteiger partial charge in [-0.15, -0.1) is 0 Å². The molecule has 0 saturated heterocycles. The Morgan fingerprint density at radius 1 is 1.38 bits per heavy atom. The van der Waals surface area contributed by atoms with Crippen LogP contribution in [-0.2, 0) is 4.79 Å². The van der Waals surface area contributed by atoms with Crippen molar-refractivity contribution >= 4 is 28.1 Å². The number of nitro groups is 1. The van der Waals surface area contributed by atoms with Gasteiger partial charge in [0.15, 0.2) is 0 Å². The third kappa shape index (κ3) is 2.67. The summed E-state index contributed by atoms with van der Waals surface area (Å²) >= 11 is 5.34. The lowest BCUT2D eigenvalue weighted by Gasteiger charge is -2.04. The maximum atomic E-state index is 11.0. The molecule has 5 heteroatoms. The number of nitrogens with zero attached hydrogens (tertiary/aromatic N) is 1. The summed E-state index contributed by atoms with van der Waals surface area (Å²) in [4.78, 5) is 21.0. The first kappa shape index (κ1) is 12.4. The lowest BCUT2D eigenvalue weighted by molar-refractivity contribution is -0.384. The van der Waals surface area contributed by atoms with E-state index in [0.29, 0.717) is 16.7 Å². The van der Waals surface area contributed by atoms with Crippen molar-refractivity contribution in [2.45, 2.75) is 13.8 Å². The third-order valence-corrected chi connectivity index (χ3v) is 2.63. The second-order valence-corrected chi connectivity index (χ2v) is 3.67. The summed E-state index contributed by atoms with van der Waals surface area (Å²) in [6.45, 7) is 3.29. The van der Waals surface area contributed by atoms with Gasteiger partial charge in [-0.3, -0.25) is 14.9 Å². The van der Waals surface area contributed by atoms with Crippen molar-refractivity contribution in [2.75, 3.05) is 0 Å². The molecule has 0 unspecified atom stereocenters. The van der Waals surface area contributed by atoms with Gasteiger partial charge in [-0.2, -0.15) is 0 Å². The van der Waals surface area contributed by atoms with Crippen LogP contribution in [0.3, 0.4) is 0 Å². The molecular formula is C11H10ClNO3. The highest BCUT2D eigenvalue weighted by molar-refractivity contribution is 6.68. The molecule has 0 aliphatic heterocycles. The molecule has 4 nitrogen and oxygen atoms in total. The molecular weight excluding hydrogens is 230 g/mol. The zero-order valence-electron chi connectivity index (χ0n) is 8.86. The average Bonchev–Trinajstić information content (AvgIpc) is 2.27. The number of halogens is 1. The summed E-state index contributed by atoms with van der Waals surface area (Å²) in [5, 5.41) is 10.0. The van der Waals surface area contributed by atoms with Crippen LogP contribution in [0.4, 0.5) is 5.69 Å². The van der Waals surface area contributed by atoms with Gasteiger partial charge < -0.3 is 0 Å². The van der Waals surface area contributed by atoms with Crippen molar-refractivity contribution in [3.63, 3.8) is 0 Å². The maximum Gasteiger partial charge on any atom is 0.270 e. The molecule has 0 bridgehead atoms. The van der Waals surface area contributed by atoms with E-state index in [9.17, 15) is 14.9 Å². The van der Waals surface area contributed by atoms with Crippen LogP contribution in [0.15, 0.2) is 29.8 Å². The number of hydrogen-bond acceptors (Lipinski definition) is 3. The Bertz CT molecular complexity index is 480. The van der Waals surface area contributed by atoms with E-state index in [1.807, 2.05) is 0 Å². The van der Waals surface area contributed by atoms with E-state index >= 15 is 0 Å². The Kier molecular flexibility index (Phi) is 3.79. The monoisotopic (exact) mass is 239 g/mol. The van der Waals surface area contributed by atoms with E-state index in [0.717, 1.165) is 0 Å². The highest BCUT2D eigenvalue weighted by Crippen LogP contribution is 2.23. The van der Waals surface area contributed by atoms with Crippen molar-refractivity contribution in [1.82, 2.24) is 0 Å². The number of hydrogen-bond donors (Lipinski definition) is 0. The molecule has 0 amide bonds. The van der Waals surface area contributed by atoms with Crippen molar-refractivity contribution in [2.24, 2.45) is 0 Å². The normalized spacial score (nSPS) is 11.9. The minimum absolute atomic E-state index is 0.00771. The molecule has 84 valence electrons. The van der Waals surface area contributed by atoms with Crippen LogP contribution in [0.5, 0.6) is 0 Å². The molecule has 0 aliphatic rings. The van der Waals surface area contributed by atoms with Crippen LogP contribution in [0, 0.1) is 10.1 Å². The topological polar surface area (TPSA) is 60.2 Å². The number of carbonyl (C=O) groups is 1. The summed E-state index contributed by atoms with van der Waals surface area (Å²) in [5.41, 5.74) is 1.65. The first-order chi connectivity index (χ1) is 7.43. The predicted octanol–water partition coefficient (Wildman–Crippen LogP) is 3.15. The molecule has 0 heterocycles. The molecule has 0 saturated carbocycles. The molecule has 0 N–H and O–H groups in total. The number of rotatable bonds is 3. The lowest BCUT2D eigenvalue weighted by Crippen LogP contribution is -1.94. The summed E-state index contributed by atoms with van der Waals surface area (Å²) < 4.78 is 0. The fourth-order valence-corrected chi connectivity index (χ4v) is 1.36. The number of benzene rings is 1. The molecule has 0 spiro atoms. The zero-order valence-corrected chi connectivity index (χ0v) is 9.62. The highest BCUT2D eigenvalue weighted by atomic mass is 35.5. The van der Waals surface area contributed by atoms with Crippen LogP contribution in [0.25, 0.3) is 5.57 Å². The SMILES string of the molecule is CC(C(=O)Cl)=C(C)c1cccc([N+](=O)[O-])c1. The fourth-order valence-electron chi connectivity index (χ4n) is 1.22. The van der Waals surface area contributed by atoms with Crippen molar-refractivity contribution in [3.8, 4) is 0 Å². The molecule has 0 aromatic heterocycles. The van der Waals surface area contributed by atoms with Gasteiger partial charge in [-0.1, -0.05) is 12.1 Å². The summed E-state index contributed by atoms with van der Waals surface area (Å²) in [7, 11) is 0. The van der Waals surface area contributed by atoms with Crippen LogP contribution in [0.2, 0.25) is 0 Å². The van der Waals surface area contributed by atoms with Gasteiger partial charge in [0.1, 0.15) is 0 Å². The Morgan fingerprint density at radius 2 is 2.00 bits per heavy atom. The minimum Gasteiger partial charge on any atom is -0.276 e. The summed E-state index contributed by atoms with van der Waals surface area (Å²) in [5.74, 6) is 0. The van der Waals surface area contributed by atoms with E-state index in [4.69, 9.17) is 11.6 Å². The van der Waals surface area contributed by atoms with Gasteiger partial charge in [0.25, 0.3) is 5.69 Å². The number of carbonyl (C=O) groups excluding carboxylic acids is 1. The Morgan fingerprint density at radius 3 is 2.50 bits per heavy atom. The fraction of sp³-hybridized carbons (Fsp3) is 0.182. The standard InChI is InChI=1S/C11H10ClNO3/c1-7(8(2)11(12)14)9-4-3-5-10(6-9)13(15)16/h3-6H,1-2H3. The molecule has 1 aromatic carbocycles. The largest absolute Gasteiger partial charge is 0.276 e. The Hall–Kier alpha value is -1.68. The number of non-ortho nitro benzene ring substituents is 1. The van der Waals surface area contributed by atoms with Crippen molar-refractivity contribution < 1.29 is 9.72 Å². The third-order valence-electron chi connectivity index (χ3n) is 2.35. The van der Waals surface area contributed by atoms with Crippen LogP contribution < -0.4 is 0 Å². The first-order valence-electron chi connectivity index (χ1n) is 4.55. The molecule has 1 rings (SSSR count). The summed E-state index contributed by atoms with van der Waals surface area (Å²) in [6.07, 6.45) is 0. The van der Waals surface area contributed by atoms with E-state index in [-0.39, 0.29) is 5.69 Å². The van der Waals surface area contributed by atoms with Gasteiger partial charge in [0.05, 0.1) is 4.92 Å². The smallest absolute Gasteiger partial charge is 0.270 e. The van der Waals surface area contributed by atoms with Crippen LogP contribution in [-0.4, -0.2) is 10.2 Å². The van der Waals surface area contributed by atoms with E-state index in [1.54, 1.807) is 26.0 Å². The molecule has 0 radical (unpaired) electrons. The second-order valence-electron chi connectivity index (χ2n) is 3.33. The van der Waals surface area contributed by atoms with E-state index < -0.39 is 10.2 Å². The summed E-state index contributed by atoms with van der Waals surface area (Å²) in [6, 6.07) is 6.09. The van der Waals surface area contributed by atoms with Crippen molar-refractivity contribution in [1.29, 1.82) is 0 Å². The van der Waals surface area contributed by atoms with E-state index in [2.05, 4.69) is 0 Å². The molecule has 16 heavy (non-hydrogen) atoms. The molecule has 0 fully saturated rings. The number of allylic oxidation sites excluding steroid dienone is 2. The van der Waals surface area contributed by atoms with Crippen molar-refractivity contribution in [3.05, 3.63) is 45.5 Å². The minimum atomic E-state index is -0.552. The average molecular weight is 240 g/mol. The van der Waals surface area contributed by atoms with E-state index in [1.165, 1.54) is 12.1 Å². The molecule has 0 atom stereocenters. The Labute approximate surface area is 97.7 Å². The van der Waals surface area contributed by atoms with Gasteiger partial charge in [-0.25, -0.2) is 0 Å². The van der Waals surface area contributed by atoms with Crippen LogP contribution in [0.1, 0.15) is 19.4 Å². The lowest BCUT2D eigenvalue weighted by atomic mass is 10.0.